The molecule has 2 rings (SSSR count). The van der Waals surface area contributed by atoms with Crippen LogP contribution in [0.5, 0.6) is 0 Å². The maximum absolute atomic E-state index is 13.4. The van der Waals surface area contributed by atoms with Crippen LogP contribution >= 0.6 is 0 Å². The molecule has 1 aromatic carbocycles. The van der Waals surface area contributed by atoms with Gasteiger partial charge in [-0.2, -0.15) is 0 Å². The minimum Gasteiger partial charge on any atom is -0.478 e. The van der Waals surface area contributed by atoms with Crippen molar-refractivity contribution in [3.8, 4) is 0 Å². The van der Waals surface area contributed by atoms with E-state index in [2.05, 4.69) is 5.32 Å². The lowest BCUT2D eigenvalue weighted by Crippen LogP contribution is -2.48. The molecule has 17 heavy (non-hydrogen) atoms. The van der Waals surface area contributed by atoms with E-state index in [1.54, 1.807) is 4.90 Å². The van der Waals surface area contributed by atoms with Crippen molar-refractivity contribution in [2.75, 3.05) is 24.5 Å². The predicted octanol–water partition coefficient (Wildman–Crippen LogP) is 0.460. The summed E-state index contributed by atoms with van der Waals surface area (Å²) in [6.45, 7) is 0.938. The zero-order chi connectivity index (χ0) is 12.4. The summed E-state index contributed by atoms with van der Waals surface area (Å²) in [4.78, 5) is 23.8. The summed E-state index contributed by atoms with van der Waals surface area (Å²) in [6, 6.07) is 4.03. The van der Waals surface area contributed by atoms with Gasteiger partial charge >= 0.3 is 5.97 Å². The standard InChI is InChI=1S/C11H11FN2O3/c12-7-2-1-3-8(10(7)11(16)17)14-5-4-13-9(15)6-14/h1-3H,4-6H2,(H,13,15)(H,16,17). The van der Waals surface area contributed by atoms with E-state index in [0.717, 1.165) is 6.07 Å². The van der Waals surface area contributed by atoms with Gasteiger partial charge in [0.05, 0.1) is 12.2 Å². The van der Waals surface area contributed by atoms with Crippen LogP contribution in [0.25, 0.3) is 0 Å². The fourth-order valence-corrected chi connectivity index (χ4v) is 1.83. The third-order valence-corrected chi connectivity index (χ3v) is 2.58. The minimum atomic E-state index is -1.33. The summed E-state index contributed by atoms with van der Waals surface area (Å²) in [5.41, 5.74) is -0.144. The first-order valence-electron chi connectivity index (χ1n) is 5.13. The quantitative estimate of drug-likeness (QED) is 0.785. The van der Waals surface area contributed by atoms with Gasteiger partial charge in [0.15, 0.2) is 0 Å². The zero-order valence-electron chi connectivity index (χ0n) is 8.94. The number of amides is 1. The van der Waals surface area contributed by atoms with Gasteiger partial charge in [-0.05, 0) is 12.1 Å². The number of carboxylic acid groups (broad SMARTS) is 1. The van der Waals surface area contributed by atoms with E-state index < -0.39 is 11.8 Å². The Morgan fingerprint density at radius 1 is 1.47 bits per heavy atom. The average Bonchev–Trinajstić information content (AvgIpc) is 2.28. The second-order valence-electron chi connectivity index (χ2n) is 3.71. The second-order valence-corrected chi connectivity index (χ2v) is 3.71. The molecule has 1 aliphatic heterocycles. The maximum atomic E-state index is 13.4. The molecule has 0 saturated carbocycles. The summed E-state index contributed by atoms with van der Waals surface area (Å²) in [5, 5.41) is 11.6. The highest BCUT2D eigenvalue weighted by molar-refractivity contribution is 5.96. The number of carbonyl (C=O) groups excluding carboxylic acids is 1. The number of carbonyl (C=O) groups is 2. The van der Waals surface area contributed by atoms with E-state index in [0.29, 0.717) is 13.1 Å². The minimum absolute atomic E-state index is 0.0454. The lowest BCUT2D eigenvalue weighted by Gasteiger charge is -2.29. The predicted molar refractivity (Wildman–Crippen MR) is 58.6 cm³/mol. The van der Waals surface area contributed by atoms with Gasteiger partial charge in [-0.25, -0.2) is 9.18 Å². The highest BCUT2D eigenvalue weighted by Gasteiger charge is 2.23. The molecule has 0 radical (unpaired) electrons. The van der Waals surface area contributed by atoms with Crippen molar-refractivity contribution < 1.29 is 19.1 Å². The molecule has 1 saturated heterocycles. The largest absolute Gasteiger partial charge is 0.478 e. The highest BCUT2D eigenvalue weighted by atomic mass is 19.1. The van der Waals surface area contributed by atoms with Crippen molar-refractivity contribution in [2.45, 2.75) is 0 Å². The summed E-state index contributed by atoms with van der Waals surface area (Å²) in [5.74, 6) is -2.32. The number of rotatable bonds is 2. The number of carboxylic acids is 1. The van der Waals surface area contributed by atoms with Crippen molar-refractivity contribution in [3.05, 3.63) is 29.6 Å². The molecule has 6 heteroatoms. The SMILES string of the molecule is O=C1CN(c2cccc(F)c2C(=O)O)CCN1. The summed E-state index contributed by atoms with van der Waals surface area (Å²) in [7, 11) is 0. The van der Waals surface area contributed by atoms with E-state index in [1.165, 1.54) is 12.1 Å². The molecule has 0 bridgehead atoms. The molecule has 1 amide bonds. The van der Waals surface area contributed by atoms with Crippen LogP contribution in [0.1, 0.15) is 10.4 Å². The highest BCUT2D eigenvalue weighted by Crippen LogP contribution is 2.23. The number of aromatic carboxylic acids is 1. The summed E-state index contributed by atoms with van der Waals surface area (Å²) < 4.78 is 13.4. The van der Waals surface area contributed by atoms with Crippen LogP contribution in [0.4, 0.5) is 10.1 Å². The van der Waals surface area contributed by atoms with Crippen LogP contribution in [0, 0.1) is 5.82 Å². The lowest BCUT2D eigenvalue weighted by atomic mass is 10.1. The van der Waals surface area contributed by atoms with Gasteiger partial charge in [0.2, 0.25) is 5.91 Å². The summed E-state index contributed by atoms with van der Waals surface area (Å²) in [6.07, 6.45) is 0. The van der Waals surface area contributed by atoms with E-state index in [1.807, 2.05) is 0 Å². The van der Waals surface area contributed by atoms with E-state index >= 15 is 0 Å². The molecule has 0 atom stereocenters. The number of halogens is 1. The number of piperazine rings is 1. The third-order valence-electron chi connectivity index (χ3n) is 2.58. The van der Waals surface area contributed by atoms with Gasteiger partial charge in [-0.15, -0.1) is 0 Å². The van der Waals surface area contributed by atoms with Gasteiger partial charge in [0.1, 0.15) is 11.4 Å². The van der Waals surface area contributed by atoms with Crippen LogP contribution in [0.2, 0.25) is 0 Å². The van der Waals surface area contributed by atoms with E-state index in [4.69, 9.17) is 5.11 Å². The van der Waals surface area contributed by atoms with Crippen molar-refractivity contribution in [2.24, 2.45) is 0 Å². The maximum Gasteiger partial charge on any atom is 0.340 e. The van der Waals surface area contributed by atoms with Crippen molar-refractivity contribution in [1.82, 2.24) is 5.32 Å². The Morgan fingerprint density at radius 3 is 2.88 bits per heavy atom. The van der Waals surface area contributed by atoms with Gasteiger partial charge in [0, 0.05) is 13.1 Å². The fraction of sp³-hybridized carbons (Fsp3) is 0.273. The molecule has 90 valence electrons. The monoisotopic (exact) mass is 238 g/mol. The van der Waals surface area contributed by atoms with Crippen LogP contribution in [0.15, 0.2) is 18.2 Å². The van der Waals surface area contributed by atoms with Crippen LogP contribution < -0.4 is 10.2 Å². The molecule has 1 fully saturated rings. The Hall–Kier alpha value is -2.11. The number of anilines is 1. The van der Waals surface area contributed by atoms with Gasteiger partial charge in [0.25, 0.3) is 0 Å². The first kappa shape index (κ1) is 11.4. The van der Waals surface area contributed by atoms with E-state index in [-0.39, 0.29) is 23.7 Å². The molecule has 0 aliphatic carbocycles. The molecule has 0 spiro atoms. The Labute approximate surface area is 96.8 Å². The summed E-state index contributed by atoms with van der Waals surface area (Å²) >= 11 is 0. The lowest BCUT2D eigenvalue weighted by molar-refractivity contribution is -0.120. The molecule has 2 N–H and O–H groups in total. The molecule has 0 aromatic heterocycles. The molecular weight excluding hydrogens is 227 g/mol. The molecule has 5 nitrogen and oxygen atoms in total. The first-order valence-corrected chi connectivity index (χ1v) is 5.13. The van der Waals surface area contributed by atoms with Crippen molar-refractivity contribution in [1.29, 1.82) is 0 Å². The smallest absolute Gasteiger partial charge is 0.340 e. The average molecular weight is 238 g/mol. The first-order chi connectivity index (χ1) is 8.09. The third kappa shape index (κ3) is 2.20. The van der Waals surface area contributed by atoms with Crippen molar-refractivity contribution >= 4 is 17.6 Å². The van der Waals surface area contributed by atoms with Gasteiger partial charge < -0.3 is 15.3 Å². The number of hydrogen-bond acceptors (Lipinski definition) is 3. The molecule has 0 unspecified atom stereocenters. The normalized spacial score (nSPS) is 15.6. The Bertz CT molecular complexity index is 476. The number of nitrogens with zero attached hydrogens (tertiary/aromatic N) is 1. The number of benzene rings is 1. The zero-order valence-corrected chi connectivity index (χ0v) is 8.94. The van der Waals surface area contributed by atoms with Crippen molar-refractivity contribution in [3.63, 3.8) is 0 Å². The number of hydrogen-bond donors (Lipinski definition) is 2. The van der Waals surface area contributed by atoms with E-state index in [9.17, 15) is 14.0 Å². The van der Waals surface area contributed by atoms with Gasteiger partial charge in [-0.1, -0.05) is 6.07 Å². The topological polar surface area (TPSA) is 69.6 Å². The van der Waals surface area contributed by atoms with Crippen LogP contribution in [-0.4, -0.2) is 36.6 Å². The van der Waals surface area contributed by atoms with Crippen LogP contribution in [-0.2, 0) is 4.79 Å². The molecule has 1 aromatic rings. The fourth-order valence-electron chi connectivity index (χ4n) is 1.83. The Balaban J connectivity index is 2.40. The second kappa shape index (κ2) is 4.40. The molecular formula is C11H11FN2O3. The Morgan fingerprint density at radius 2 is 2.24 bits per heavy atom. The number of nitrogens with one attached hydrogen (secondary N) is 1. The molecule has 1 aliphatic rings. The van der Waals surface area contributed by atoms with Gasteiger partial charge in [-0.3, -0.25) is 4.79 Å². The molecule has 1 heterocycles. The Kier molecular flexibility index (Phi) is 2.95. The van der Waals surface area contributed by atoms with Crippen LogP contribution in [0.3, 0.4) is 0 Å².